The highest BCUT2D eigenvalue weighted by Gasteiger charge is 2.23. The normalized spacial score (nSPS) is 19.4. The van der Waals surface area contributed by atoms with Crippen molar-refractivity contribution in [2.24, 2.45) is 11.8 Å². The van der Waals surface area contributed by atoms with E-state index in [2.05, 4.69) is 46.1 Å². The second-order valence-electron chi connectivity index (χ2n) is 7.89. The number of nitrogens with zero attached hydrogens (tertiary/aromatic N) is 6. The Labute approximate surface area is 176 Å². The van der Waals surface area contributed by atoms with Crippen molar-refractivity contribution in [2.75, 3.05) is 0 Å². The largest absolute Gasteiger partial charge is 0.439 e. The van der Waals surface area contributed by atoms with Crippen molar-refractivity contribution in [3.63, 3.8) is 0 Å². The van der Waals surface area contributed by atoms with Crippen molar-refractivity contribution in [3.8, 4) is 23.0 Å². The zero-order valence-electron chi connectivity index (χ0n) is 16.4. The van der Waals surface area contributed by atoms with E-state index in [1.54, 1.807) is 24.7 Å². The lowest BCUT2D eigenvalue weighted by molar-refractivity contribution is 0.266. The smallest absolute Gasteiger partial charge is 0.327 e. The van der Waals surface area contributed by atoms with Gasteiger partial charge in [-0.15, -0.1) is 0 Å². The molecule has 1 aliphatic carbocycles. The van der Waals surface area contributed by atoms with E-state index in [1.165, 1.54) is 25.7 Å². The molecule has 9 nitrogen and oxygen atoms in total. The standard InChI is InChI=1S/C20H20ClN7O2/c1-11-2-4-12(5-3-11)9-28-10-23-17-16(28)15(14-8-13(21)6-7-22-14)24-18(25-17)19-26-20(29)30-27-19/h6-8,10-12H,2-5,9H2,1H3,(H,26,27,29). The molecule has 0 spiro atoms. The molecule has 0 aromatic carbocycles. The lowest BCUT2D eigenvalue weighted by Gasteiger charge is -2.26. The molecule has 5 rings (SSSR count). The molecule has 0 aliphatic heterocycles. The van der Waals surface area contributed by atoms with Gasteiger partial charge in [0.2, 0.25) is 11.6 Å². The van der Waals surface area contributed by atoms with Gasteiger partial charge in [-0.2, -0.15) is 0 Å². The zero-order chi connectivity index (χ0) is 20.7. The molecule has 4 heterocycles. The second-order valence-corrected chi connectivity index (χ2v) is 8.33. The Morgan fingerprint density at radius 3 is 2.80 bits per heavy atom. The minimum absolute atomic E-state index is 0.140. The van der Waals surface area contributed by atoms with E-state index in [-0.39, 0.29) is 11.6 Å². The van der Waals surface area contributed by atoms with Crippen LogP contribution in [-0.4, -0.2) is 34.6 Å². The number of halogens is 1. The summed E-state index contributed by atoms with van der Waals surface area (Å²) in [5.41, 5.74) is 2.48. The van der Waals surface area contributed by atoms with Gasteiger partial charge in [-0.25, -0.2) is 19.7 Å². The fourth-order valence-corrected chi connectivity index (χ4v) is 4.21. The van der Waals surface area contributed by atoms with Crippen LogP contribution in [0.3, 0.4) is 0 Å². The van der Waals surface area contributed by atoms with Gasteiger partial charge in [-0.05, 0) is 36.8 Å². The Morgan fingerprint density at radius 1 is 1.23 bits per heavy atom. The molecule has 30 heavy (non-hydrogen) atoms. The maximum Gasteiger partial charge on any atom is 0.439 e. The molecular weight excluding hydrogens is 406 g/mol. The van der Waals surface area contributed by atoms with Gasteiger partial charge in [0, 0.05) is 17.8 Å². The highest BCUT2D eigenvalue weighted by atomic mass is 35.5. The van der Waals surface area contributed by atoms with Crippen molar-refractivity contribution < 1.29 is 4.52 Å². The average Bonchev–Trinajstić information content (AvgIpc) is 3.35. The van der Waals surface area contributed by atoms with E-state index in [1.807, 2.05) is 0 Å². The second kappa shape index (κ2) is 7.64. The van der Waals surface area contributed by atoms with Crippen LogP contribution < -0.4 is 5.76 Å². The van der Waals surface area contributed by atoms with Crippen molar-refractivity contribution in [1.82, 2.24) is 34.6 Å². The lowest BCUT2D eigenvalue weighted by Crippen LogP contribution is -2.17. The van der Waals surface area contributed by atoms with Gasteiger partial charge >= 0.3 is 5.76 Å². The van der Waals surface area contributed by atoms with Crippen LogP contribution in [0.5, 0.6) is 0 Å². The maximum atomic E-state index is 11.4. The Morgan fingerprint density at radius 2 is 2.07 bits per heavy atom. The summed E-state index contributed by atoms with van der Waals surface area (Å²) in [5, 5.41) is 4.25. The number of aromatic nitrogens is 7. The first-order chi connectivity index (χ1) is 14.6. The van der Waals surface area contributed by atoms with Crippen LogP contribution in [0.1, 0.15) is 32.6 Å². The molecule has 0 amide bonds. The quantitative estimate of drug-likeness (QED) is 0.529. The molecule has 1 fully saturated rings. The summed E-state index contributed by atoms with van der Waals surface area (Å²) in [5.74, 6) is 1.06. The fraction of sp³-hybridized carbons (Fsp3) is 0.400. The van der Waals surface area contributed by atoms with Crippen LogP contribution in [-0.2, 0) is 6.54 Å². The topological polar surface area (TPSA) is 115 Å². The number of imidazole rings is 1. The number of hydrogen-bond donors (Lipinski definition) is 1. The van der Waals surface area contributed by atoms with E-state index >= 15 is 0 Å². The van der Waals surface area contributed by atoms with Crippen LogP contribution >= 0.6 is 11.6 Å². The molecule has 0 radical (unpaired) electrons. The summed E-state index contributed by atoms with van der Waals surface area (Å²) in [6.45, 7) is 3.16. The van der Waals surface area contributed by atoms with Crippen molar-refractivity contribution in [3.05, 3.63) is 40.2 Å². The monoisotopic (exact) mass is 425 g/mol. The summed E-state index contributed by atoms with van der Waals surface area (Å²) in [6, 6.07) is 3.46. The summed E-state index contributed by atoms with van der Waals surface area (Å²) >= 11 is 6.21. The summed E-state index contributed by atoms with van der Waals surface area (Å²) in [7, 11) is 0. The first-order valence-electron chi connectivity index (χ1n) is 9.98. The molecule has 0 unspecified atom stereocenters. The van der Waals surface area contributed by atoms with Crippen molar-refractivity contribution >= 4 is 22.8 Å². The highest BCUT2D eigenvalue weighted by molar-refractivity contribution is 6.30. The first-order valence-corrected chi connectivity index (χ1v) is 10.4. The molecule has 0 saturated heterocycles. The van der Waals surface area contributed by atoms with Crippen molar-refractivity contribution in [2.45, 2.75) is 39.2 Å². The lowest BCUT2D eigenvalue weighted by atomic mass is 9.83. The molecule has 0 atom stereocenters. The summed E-state index contributed by atoms with van der Waals surface area (Å²) in [4.78, 5) is 32.0. The molecule has 0 bridgehead atoms. The predicted octanol–water partition coefficient (Wildman–Crippen LogP) is 3.71. The number of H-pyrrole nitrogens is 1. The van der Waals surface area contributed by atoms with Crippen molar-refractivity contribution in [1.29, 1.82) is 0 Å². The Hall–Kier alpha value is -3.07. The van der Waals surface area contributed by atoms with E-state index in [9.17, 15) is 4.79 Å². The molecule has 4 aromatic rings. The van der Waals surface area contributed by atoms with E-state index in [0.717, 1.165) is 18.0 Å². The predicted molar refractivity (Wildman–Crippen MR) is 111 cm³/mol. The molecule has 1 N–H and O–H groups in total. The number of rotatable bonds is 4. The molecule has 1 aliphatic rings. The number of hydrogen-bond acceptors (Lipinski definition) is 7. The number of nitrogens with one attached hydrogen (secondary N) is 1. The zero-order valence-corrected chi connectivity index (χ0v) is 17.1. The molecule has 10 heteroatoms. The Kier molecular flexibility index (Phi) is 4.82. The third kappa shape index (κ3) is 3.60. The van der Waals surface area contributed by atoms with Gasteiger partial charge in [0.15, 0.2) is 5.65 Å². The number of fused-ring (bicyclic) bond motifs is 1. The minimum Gasteiger partial charge on any atom is -0.327 e. The Balaban J connectivity index is 1.64. The Bertz CT molecular complexity index is 1250. The van der Waals surface area contributed by atoms with Crippen LogP contribution in [0.15, 0.2) is 34.0 Å². The SMILES string of the molecule is CC1CCC(Cn2cnc3nc(-c4noc(=O)[nH]4)nc(-c4cc(Cl)ccn4)c32)CC1. The molecule has 1 saturated carbocycles. The third-order valence-electron chi connectivity index (χ3n) is 5.68. The van der Waals surface area contributed by atoms with Crippen LogP contribution in [0, 0.1) is 11.8 Å². The molecule has 4 aromatic heterocycles. The molecule has 154 valence electrons. The average molecular weight is 426 g/mol. The van der Waals surface area contributed by atoms with Crippen LogP contribution in [0.2, 0.25) is 5.02 Å². The number of aromatic amines is 1. The first kappa shape index (κ1) is 18.9. The van der Waals surface area contributed by atoms with Gasteiger partial charge in [0.25, 0.3) is 0 Å². The minimum atomic E-state index is -0.673. The van der Waals surface area contributed by atoms with Crippen LogP contribution in [0.25, 0.3) is 34.2 Å². The molecular formula is C20H20ClN7O2. The summed E-state index contributed by atoms with van der Waals surface area (Å²) < 4.78 is 6.71. The summed E-state index contributed by atoms with van der Waals surface area (Å²) in [6.07, 6.45) is 8.32. The third-order valence-corrected chi connectivity index (χ3v) is 5.91. The fourth-order valence-electron chi connectivity index (χ4n) is 4.05. The van der Waals surface area contributed by atoms with E-state index in [0.29, 0.717) is 28.0 Å². The van der Waals surface area contributed by atoms with Gasteiger partial charge in [0.1, 0.15) is 11.2 Å². The van der Waals surface area contributed by atoms with Gasteiger partial charge in [-0.1, -0.05) is 36.5 Å². The maximum absolute atomic E-state index is 11.4. The highest BCUT2D eigenvalue weighted by Crippen LogP contribution is 2.32. The number of pyridine rings is 1. The van der Waals surface area contributed by atoms with Gasteiger partial charge < -0.3 is 4.57 Å². The van der Waals surface area contributed by atoms with Gasteiger partial charge in [-0.3, -0.25) is 14.5 Å². The van der Waals surface area contributed by atoms with E-state index in [4.69, 9.17) is 11.6 Å². The van der Waals surface area contributed by atoms with Crippen LogP contribution in [0.4, 0.5) is 0 Å². The van der Waals surface area contributed by atoms with E-state index < -0.39 is 5.76 Å². The van der Waals surface area contributed by atoms with Gasteiger partial charge in [0.05, 0.1) is 12.0 Å².